The molecule has 21 rings (SSSR count). The molecule has 0 spiro atoms. The second-order valence-electron chi connectivity index (χ2n) is 29.0. The van der Waals surface area contributed by atoms with E-state index in [2.05, 4.69) is 137 Å². The lowest BCUT2D eigenvalue weighted by molar-refractivity contribution is 0.425. The van der Waals surface area contributed by atoms with Crippen molar-refractivity contribution in [2.24, 2.45) is 0 Å². The summed E-state index contributed by atoms with van der Waals surface area (Å²) >= 11 is 0. The molecule has 0 unspecified atom stereocenters. The molecule has 120 heavy (non-hydrogen) atoms. The third-order valence-corrected chi connectivity index (χ3v) is 21.6. The second-order valence-corrected chi connectivity index (χ2v) is 29.0. The number of aromatic nitrogens is 10. The fourth-order valence-corrected chi connectivity index (χ4v) is 16.2. The van der Waals surface area contributed by atoms with Gasteiger partial charge in [0.2, 0.25) is 0 Å². The first-order chi connectivity index (χ1) is 59.0. The average molecular weight is 1550 g/mol. The van der Waals surface area contributed by atoms with E-state index in [4.69, 9.17) is 15.0 Å². The fourth-order valence-electron chi connectivity index (χ4n) is 16.2. The zero-order valence-corrected chi connectivity index (χ0v) is 64.4. The molecule has 0 aliphatic rings. The number of rotatable bonds is 15. The van der Waals surface area contributed by atoms with Gasteiger partial charge in [-0.2, -0.15) is 0 Å². The minimum atomic E-state index is -1.60. The van der Waals surface area contributed by atoms with Crippen molar-refractivity contribution in [2.45, 2.75) is 0 Å². The van der Waals surface area contributed by atoms with Crippen molar-refractivity contribution < 1.29 is 30.1 Å². The Morgan fingerprint density at radius 2 is 0.500 bits per heavy atom. The van der Waals surface area contributed by atoms with Gasteiger partial charge in [-0.25, -0.2) is 15.0 Å². The summed E-state index contributed by atoms with van der Waals surface area (Å²) in [5.41, 5.74) is 24.9. The highest BCUT2D eigenvalue weighted by molar-refractivity contribution is 6.63. The standard InChI is InChI=1S/2C34H24BN3O2.C33H23BN4O2/c39-35(40)29-19-10-18-28-27-17-7-8-20-32(27)38(33(28)29)26-16-9-15-25(21-26)31-22-30(23-11-3-1-4-12-23)36-34(37-31)24-13-5-2-6-14-24;39-35(40)30-13-8-12-29-28-11-1-2-16-33(28)38(34(29)30)27-10-7-9-23(22-27)24-19-25(31-14-3-5-17-36-31)21-26(20-24)32-15-4-6-18-37-32;39-34(40)27-13-8-12-26-25-11-1-2-16-32(25)38(33(26)27)24-10-7-9-22(19-24)23-20-30(28-14-3-5-17-35-28)37-31(21-23)29-15-4-6-18-36-29/h2*1-22,39-40H;1-21,39-40H. The van der Waals surface area contributed by atoms with Crippen LogP contribution in [0, 0.1) is 0 Å². The van der Waals surface area contributed by atoms with Crippen LogP contribution in [0.3, 0.4) is 0 Å². The molecule has 0 aliphatic carbocycles. The van der Waals surface area contributed by atoms with Crippen LogP contribution in [0.25, 0.3) is 184 Å². The van der Waals surface area contributed by atoms with E-state index in [0.29, 0.717) is 22.2 Å². The molecule has 0 fully saturated rings. The minimum absolute atomic E-state index is 0.456. The number of hydrogen-bond donors (Lipinski definition) is 6. The summed E-state index contributed by atoms with van der Waals surface area (Å²) in [7, 11) is -4.79. The van der Waals surface area contributed by atoms with Gasteiger partial charge in [0.25, 0.3) is 0 Å². The molecule has 9 heterocycles. The maximum Gasteiger partial charge on any atom is 0.490 e. The van der Waals surface area contributed by atoms with Crippen LogP contribution in [-0.4, -0.2) is 100 Å². The molecule has 570 valence electrons. The van der Waals surface area contributed by atoms with Gasteiger partial charge in [-0.15, -0.1) is 0 Å². The van der Waals surface area contributed by atoms with Gasteiger partial charge >= 0.3 is 21.4 Å². The van der Waals surface area contributed by atoms with E-state index in [1.54, 1.807) is 43.0 Å². The van der Waals surface area contributed by atoms with E-state index in [9.17, 15) is 30.1 Å². The summed E-state index contributed by atoms with van der Waals surface area (Å²) < 4.78 is 6.31. The highest BCUT2D eigenvalue weighted by Crippen LogP contribution is 2.40. The van der Waals surface area contributed by atoms with Gasteiger partial charge in [0.1, 0.15) is 0 Å². The Kier molecular flexibility index (Phi) is 20.5. The van der Waals surface area contributed by atoms with Gasteiger partial charge in [0.15, 0.2) is 5.82 Å². The second kappa shape index (κ2) is 32.8. The van der Waals surface area contributed by atoms with Crippen molar-refractivity contribution in [3.05, 3.63) is 395 Å². The zero-order chi connectivity index (χ0) is 81.2. The van der Waals surface area contributed by atoms with Crippen molar-refractivity contribution >= 4 is 103 Å². The monoisotopic (exact) mass is 1550 g/mol. The van der Waals surface area contributed by atoms with Crippen LogP contribution < -0.4 is 16.4 Å². The van der Waals surface area contributed by atoms with Gasteiger partial charge in [-0.05, 0) is 162 Å². The predicted molar refractivity (Wildman–Crippen MR) is 485 cm³/mol. The van der Waals surface area contributed by atoms with Crippen molar-refractivity contribution in [2.75, 3.05) is 0 Å². The summed E-state index contributed by atoms with van der Waals surface area (Å²) in [4.78, 5) is 33.1. The lowest BCUT2D eigenvalue weighted by Gasteiger charge is -2.14. The highest BCUT2D eigenvalue weighted by Gasteiger charge is 2.26. The van der Waals surface area contributed by atoms with Crippen LogP contribution in [0.1, 0.15) is 0 Å². The summed E-state index contributed by atoms with van der Waals surface area (Å²) in [6.45, 7) is 0. The molecule has 0 saturated carbocycles. The molecule has 0 aliphatic heterocycles. The van der Waals surface area contributed by atoms with Crippen LogP contribution in [0.4, 0.5) is 0 Å². The molecule has 9 aromatic heterocycles. The molecule has 0 amide bonds. The van der Waals surface area contributed by atoms with Crippen LogP contribution in [-0.2, 0) is 0 Å². The van der Waals surface area contributed by atoms with Crippen LogP contribution in [0.15, 0.2) is 395 Å². The number of hydrogen-bond acceptors (Lipinski definition) is 13. The number of nitrogens with zero attached hydrogens (tertiary/aromatic N) is 10. The maximum absolute atomic E-state index is 10.3. The SMILES string of the molecule is OB(O)c1cccc2c3ccccc3n(-c3cccc(-c4cc(-c5ccccc5)nc(-c5ccccc5)n4)c3)c12.OB(O)c1cccc2c3ccccc3n(-c3cccc(-c4cc(-c5ccccn5)cc(-c5ccccn5)c4)c3)c12.OB(O)c1cccc2c3ccccc3n(-c3cccc(-c4cc(-c5ccccn5)nc(-c5ccccn5)c4)c3)c12. The van der Waals surface area contributed by atoms with E-state index >= 15 is 0 Å². The number of pyridine rings is 5. The van der Waals surface area contributed by atoms with Crippen molar-refractivity contribution in [1.29, 1.82) is 0 Å². The van der Waals surface area contributed by atoms with Crippen LogP contribution in [0.2, 0.25) is 0 Å². The molecule has 19 heteroatoms. The summed E-state index contributed by atoms with van der Waals surface area (Å²) in [6.07, 6.45) is 7.14. The average Bonchev–Trinajstić information content (AvgIpc) is 1.60. The smallest absolute Gasteiger partial charge is 0.423 e. The first-order valence-electron chi connectivity index (χ1n) is 39.3. The quantitative estimate of drug-likeness (QED) is 0.0526. The number of benzene rings is 12. The first kappa shape index (κ1) is 74.9. The number of para-hydroxylation sites is 6. The number of fused-ring (bicyclic) bond motifs is 9. The molecule has 0 saturated heterocycles. The van der Waals surface area contributed by atoms with Gasteiger partial charge in [-0.3, -0.25) is 19.9 Å². The Bertz CT molecular complexity index is 6480. The normalized spacial score (nSPS) is 11.2. The molecular formula is C101H71B3N10O6. The zero-order valence-electron chi connectivity index (χ0n) is 64.4. The van der Waals surface area contributed by atoms with E-state index in [1.807, 2.05) is 249 Å². The van der Waals surface area contributed by atoms with E-state index in [0.717, 1.165) is 178 Å². The molecule has 21 aromatic rings. The van der Waals surface area contributed by atoms with Crippen molar-refractivity contribution in [3.8, 4) is 119 Å². The van der Waals surface area contributed by atoms with Gasteiger partial charge in [0, 0.05) is 118 Å². The van der Waals surface area contributed by atoms with Gasteiger partial charge in [0.05, 0.1) is 78.7 Å². The Morgan fingerprint density at radius 3 is 0.892 bits per heavy atom. The molecule has 0 radical (unpaired) electrons. The molecule has 16 nitrogen and oxygen atoms in total. The van der Waals surface area contributed by atoms with Gasteiger partial charge in [-0.1, -0.05) is 231 Å². The molecule has 0 atom stereocenters. The molecule has 0 bridgehead atoms. The fraction of sp³-hybridized carbons (Fsp3) is 0. The Labute approximate surface area is 691 Å². The van der Waals surface area contributed by atoms with E-state index in [1.165, 1.54) is 0 Å². The summed E-state index contributed by atoms with van der Waals surface area (Å²) in [5.74, 6) is 0.657. The lowest BCUT2D eigenvalue weighted by Crippen LogP contribution is -2.31. The summed E-state index contributed by atoms with van der Waals surface area (Å²) in [5, 5.41) is 67.6. The Balaban J connectivity index is 0.000000119. The third-order valence-electron chi connectivity index (χ3n) is 21.6. The molecular weight excluding hydrogens is 1480 g/mol. The largest absolute Gasteiger partial charge is 0.490 e. The minimum Gasteiger partial charge on any atom is -0.423 e. The van der Waals surface area contributed by atoms with Crippen molar-refractivity contribution in [1.82, 2.24) is 48.6 Å². The maximum atomic E-state index is 10.3. The topological polar surface area (TPSA) is 226 Å². The lowest BCUT2D eigenvalue weighted by atomic mass is 9.79. The predicted octanol–water partition coefficient (Wildman–Crippen LogP) is 18.2. The molecule has 12 aromatic carbocycles. The van der Waals surface area contributed by atoms with Crippen molar-refractivity contribution in [3.63, 3.8) is 0 Å². The summed E-state index contributed by atoms with van der Waals surface area (Å²) in [6, 6.07) is 122. The molecule has 6 N–H and O–H groups in total. The first-order valence-corrected chi connectivity index (χ1v) is 39.3. The third kappa shape index (κ3) is 14.6. The highest BCUT2D eigenvalue weighted by atomic mass is 16.4. The van der Waals surface area contributed by atoms with E-state index in [-0.39, 0.29) is 0 Å². The van der Waals surface area contributed by atoms with Gasteiger partial charge < -0.3 is 43.8 Å². The van der Waals surface area contributed by atoms with Crippen LogP contribution >= 0.6 is 0 Å². The Hall–Kier alpha value is -15.2. The van der Waals surface area contributed by atoms with E-state index < -0.39 is 21.4 Å². The Morgan fingerprint density at radius 1 is 0.192 bits per heavy atom. The van der Waals surface area contributed by atoms with Crippen LogP contribution in [0.5, 0.6) is 0 Å².